The van der Waals surface area contributed by atoms with E-state index in [0.29, 0.717) is 12.0 Å². The van der Waals surface area contributed by atoms with Gasteiger partial charge in [-0.25, -0.2) is 4.79 Å². The molecule has 0 bridgehead atoms. The minimum Gasteiger partial charge on any atom is -0.504 e. The Bertz CT molecular complexity index is 747. The fourth-order valence-electron chi connectivity index (χ4n) is 3.74. The van der Waals surface area contributed by atoms with E-state index >= 15 is 0 Å². The molecule has 0 radical (unpaired) electrons. The average Bonchev–Trinajstić information content (AvgIpc) is 2.61. The van der Waals surface area contributed by atoms with E-state index in [2.05, 4.69) is 6.08 Å². The Labute approximate surface area is 167 Å². The van der Waals surface area contributed by atoms with Crippen molar-refractivity contribution in [3.8, 4) is 11.5 Å². The summed E-state index contributed by atoms with van der Waals surface area (Å²) in [5, 5.41) is 20.6. The highest BCUT2D eigenvalue weighted by Crippen LogP contribution is 2.31. The Morgan fingerprint density at radius 3 is 2.57 bits per heavy atom. The quantitative estimate of drug-likeness (QED) is 0.581. The maximum Gasteiger partial charge on any atom is 0.338 e. The van der Waals surface area contributed by atoms with Crippen molar-refractivity contribution in [2.45, 2.75) is 59.2 Å². The lowest BCUT2D eigenvalue weighted by molar-refractivity contribution is -0.0217. The molecule has 1 aliphatic rings. The molecule has 0 spiro atoms. The summed E-state index contributed by atoms with van der Waals surface area (Å²) in [4.78, 5) is 12.8. The maximum absolute atomic E-state index is 12.8. The van der Waals surface area contributed by atoms with Crippen LogP contribution in [0.5, 0.6) is 11.5 Å². The summed E-state index contributed by atoms with van der Waals surface area (Å²) in [7, 11) is 1.43. The molecule has 0 fully saturated rings. The Hall–Kier alpha value is -2.27. The Morgan fingerprint density at radius 2 is 1.93 bits per heavy atom. The van der Waals surface area contributed by atoms with Gasteiger partial charge in [-0.2, -0.15) is 0 Å². The molecule has 0 saturated heterocycles. The number of aliphatic hydroxyl groups is 1. The van der Waals surface area contributed by atoms with E-state index in [0.717, 1.165) is 24.0 Å². The minimum atomic E-state index is -0.682. The van der Waals surface area contributed by atoms with Gasteiger partial charge < -0.3 is 19.7 Å². The number of esters is 1. The Morgan fingerprint density at radius 1 is 1.21 bits per heavy atom. The predicted octanol–water partition coefficient (Wildman–Crippen LogP) is 4.64. The first-order valence-corrected chi connectivity index (χ1v) is 9.82. The zero-order valence-electron chi connectivity index (χ0n) is 17.4. The van der Waals surface area contributed by atoms with Gasteiger partial charge >= 0.3 is 5.97 Å². The molecule has 3 atom stereocenters. The predicted molar refractivity (Wildman–Crippen MR) is 110 cm³/mol. The zero-order chi connectivity index (χ0) is 20.8. The number of hydrogen-bond acceptors (Lipinski definition) is 5. The Balaban J connectivity index is 2.33. The number of carbonyl (C=O) groups is 1. The van der Waals surface area contributed by atoms with Crippen molar-refractivity contribution >= 4 is 5.97 Å². The summed E-state index contributed by atoms with van der Waals surface area (Å²) >= 11 is 0. The summed E-state index contributed by atoms with van der Waals surface area (Å²) in [5.74, 6) is -0.410. The van der Waals surface area contributed by atoms with Crippen LogP contribution in [-0.2, 0) is 4.74 Å². The van der Waals surface area contributed by atoms with E-state index in [1.807, 2.05) is 33.8 Å². The molecule has 0 saturated carbocycles. The molecule has 0 unspecified atom stereocenters. The first-order chi connectivity index (χ1) is 13.2. The molecule has 28 heavy (non-hydrogen) atoms. The van der Waals surface area contributed by atoms with Gasteiger partial charge in [-0.15, -0.1) is 0 Å². The van der Waals surface area contributed by atoms with Gasteiger partial charge in [-0.05, 0) is 50.8 Å². The fourth-order valence-corrected chi connectivity index (χ4v) is 3.74. The smallest absolute Gasteiger partial charge is 0.338 e. The summed E-state index contributed by atoms with van der Waals surface area (Å²) in [5.41, 5.74) is 2.59. The highest BCUT2D eigenvalue weighted by Gasteiger charge is 2.33. The highest BCUT2D eigenvalue weighted by atomic mass is 16.5. The third-order valence-electron chi connectivity index (χ3n) is 5.28. The van der Waals surface area contributed by atoms with E-state index in [1.165, 1.54) is 25.3 Å². The molecule has 0 amide bonds. The van der Waals surface area contributed by atoms with Gasteiger partial charge in [0, 0.05) is 12.3 Å². The van der Waals surface area contributed by atoms with Crippen LogP contribution in [0.25, 0.3) is 0 Å². The second-order valence-electron chi connectivity index (χ2n) is 7.95. The standard InChI is InChI=1S/C23H32O5/c1-14(2)22-19(25)11-15(3)7-6-8-16(4)12-21(22)28-23(26)17-9-10-18(24)20(13-17)27-5/h8-11,13-14,19,21-22,24-25H,6-7,12H2,1-5H3/b15-11+,16-8+/t19-,21-,22-/m0/s1. The van der Waals surface area contributed by atoms with Gasteiger partial charge in [0.25, 0.3) is 0 Å². The number of aromatic hydroxyl groups is 1. The van der Waals surface area contributed by atoms with Crippen LogP contribution in [0.3, 0.4) is 0 Å². The van der Waals surface area contributed by atoms with Crippen molar-refractivity contribution in [1.29, 1.82) is 0 Å². The molecule has 0 aromatic heterocycles. The summed E-state index contributed by atoms with van der Waals surface area (Å²) in [6, 6.07) is 4.38. The molecule has 5 nitrogen and oxygen atoms in total. The molecule has 1 aliphatic carbocycles. The molecular formula is C23H32O5. The molecule has 2 N–H and O–H groups in total. The van der Waals surface area contributed by atoms with Gasteiger partial charge in [0.1, 0.15) is 6.10 Å². The van der Waals surface area contributed by atoms with Crippen molar-refractivity contribution in [3.05, 3.63) is 47.1 Å². The molecule has 2 rings (SSSR count). The van der Waals surface area contributed by atoms with Gasteiger partial charge in [-0.1, -0.05) is 37.1 Å². The minimum absolute atomic E-state index is 0.0346. The number of ether oxygens (including phenoxy) is 2. The number of hydrogen-bond donors (Lipinski definition) is 2. The average molecular weight is 389 g/mol. The van der Waals surface area contributed by atoms with Gasteiger partial charge in [0.2, 0.25) is 0 Å². The first kappa shape index (κ1) is 22.0. The van der Waals surface area contributed by atoms with Crippen molar-refractivity contribution in [3.63, 3.8) is 0 Å². The van der Waals surface area contributed by atoms with Crippen LogP contribution in [-0.4, -0.2) is 35.5 Å². The molecule has 1 aromatic rings. The highest BCUT2D eigenvalue weighted by molar-refractivity contribution is 5.90. The molecule has 0 aliphatic heterocycles. The van der Waals surface area contributed by atoms with Crippen LogP contribution in [0.4, 0.5) is 0 Å². The van der Waals surface area contributed by atoms with Crippen LogP contribution in [0.2, 0.25) is 0 Å². The second kappa shape index (κ2) is 9.78. The molecular weight excluding hydrogens is 356 g/mol. The number of phenolic OH excluding ortho intramolecular Hbond substituents is 1. The lowest BCUT2D eigenvalue weighted by atomic mass is 9.81. The fraction of sp³-hybridized carbons (Fsp3) is 0.522. The largest absolute Gasteiger partial charge is 0.504 e. The monoisotopic (exact) mass is 388 g/mol. The molecule has 0 heterocycles. The molecule has 154 valence electrons. The number of methoxy groups -OCH3 is 1. The number of allylic oxidation sites excluding steroid dienone is 2. The van der Waals surface area contributed by atoms with Crippen molar-refractivity contribution in [2.24, 2.45) is 11.8 Å². The molecule has 1 aromatic carbocycles. The van der Waals surface area contributed by atoms with Crippen LogP contribution in [0.15, 0.2) is 41.5 Å². The summed E-state index contributed by atoms with van der Waals surface area (Å²) in [6.45, 7) is 8.13. The number of phenols is 1. The topological polar surface area (TPSA) is 76.0 Å². The van der Waals surface area contributed by atoms with Crippen LogP contribution in [0.1, 0.15) is 57.3 Å². The van der Waals surface area contributed by atoms with Crippen LogP contribution < -0.4 is 4.74 Å². The second-order valence-corrected chi connectivity index (χ2v) is 7.95. The normalized spacial score (nSPS) is 27.3. The number of rotatable bonds is 4. The van der Waals surface area contributed by atoms with Gasteiger partial charge in [0.15, 0.2) is 11.5 Å². The zero-order valence-corrected chi connectivity index (χ0v) is 17.4. The SMILES string of the molecule is COc1cc(C(=O)O[C@H]2C/C(C)=C/CC/C(C)=C/[C@H](O)[C@@H]2C(C)C)ccc1O. The van der Waals surface area contributed by atoms with E-state index in [-0.39, 0.29) is 23.3 Å². The third kappa shape index (κ3) is 5.61. The lowest BCUT2D eigenvalue weighted by Crippen LogP contribution is -2.38. The number of benzene rings is 1. The van der Waals surface area contributed by atoms with E-state index in [4.69, 9.17) is 9.47 Å². The van der Waals surface area contributed by atoms with E-state index in [1.54, 1.807) is 0 Å². The third-order valence-corrected chi connectivity index (χ3v) is 5.28. The van der Waals surface area contributed by atoms with Crippen molar-refractivity contribution in [1.82, 2.24) is 0 Å². The van der Waals surface area contributed by atoms with E-state index in [9.17, 15) is 15.0 Å². The van der Waals surface area contributed by atoms with Crippen LogP contribution in [0, 0.1) is 11.8 Å². The first-order valence-electron chi connectivity index (χ1n) is 9.82. The Kier molecular flexibility index (Phi) is 7.69. The maximum atomic E-state index is 12.8. The van der Waals surface area contributed by atoms with Crippen molar-refractivity contribution < 1.29 is 24.5 Å². The number of carbonyl (C=O) groups excluding carboxylic acids is 1. The van der Waals surface area contributed by atoms with Gasteiger partial charge in [-0.3, -0.25) is 0 Å². The van der Waals surface area contributed by atoms with Crippen molar-refractivity contribution in [2.75, 3.05) is 7.11 Å². The molecule has 5 heteroatoms. The van der Waals surface area contributed by atoms with E-state index < -0.39 is 18.2 Å². The lowest BCUT2D eigenvalue weighted by Gasteiger charge is -2.33. The summed E-state index contributed by atoms with van der Waals surface area (Å²) < 4.78 is 11.0. The van der Waals surface area contributed by atoms with Gasteiger partial charge in [0.05, 0.1) is 18.8 Å². The number of aliphatic hydroxyl groups excluding tert-OH is 1. The summed E-state index contributed by atoms with van der Waals surface area (Å²) in [6.07, 6.45) is 5.33. The van der Waals surface area contributed by atoms with Crippen LogP contribution >= 0.6 is 0 Å².